The predicted molar refractivity (Wildman–Crippen MR) is 122 cm³/mol. The molecule has 0 aromatic heterocycles. The fourth-order valence-electron chi connectivity index (χ4n) is 5.72. The molecule has 0 bridgehead atoms. The summed E-state index contributed by atoms with van der Waals surface area (Å²) in [4.78, 5) is 2.27. The number of halogens is 7. The summed E-state index contributed by atoms with van der Waals surface area (Å²) in [5.41, 5.74) is -2.06. The highest BCUT2D eigenvalue weighted by Crippen LogP contribution is 2.48. The van der Waals surface area contributed by atoms with Crippen molar-refractivity contribution < 1.29 is 35.5 Å². The van der Waals surface area contributed by atoms with Crippen LogP contribution in [0, 0.1) is 17.7 Å². The normalized spacial score (nSPS) is 26.0. The zero-order chi connectivity index (χ0) is 26.3. The van der Waals surface area contributed by atoms with Gasteiger partial charge in [-0.1, -0.05) is 18.2 Å². The third-order valence-electron chi connectivity index (χ3n) is 7.35. The van der Waals surface area contributed by atoms with Gasteiger partial charge in [0, 0.05) is 25.6 Å². The summed E-state index contributed by atoms with van der Waals surface area (Å²) >= 11 is 0. The van der Waals surface area contributed by atoms with Crippen molar-refractivity contribution in [3.8, 4) is 0 Å². The van der Waals surface area contributed by atoms with Crippen molar-refractivity contribution in [2.45, 2.75) is 50.2 Å². The van der Waals surface area contributed by atoms with Crippen LogP contribution in [0.2, 0.25) is 0 Å². The molecule has 2 fully saturated rings. The monoisotopic (exact) mass is 515 g/mol. The molecule has 9 heteroatoms. The maximum Gasteiger partial charge on any atom is 0.416 e. The van der Waals surface area contributed by atoms with Crippen molar-refractivity contribution >= 4 is 0 Å². The van der Waals surface area contributed by atoms with E-state index in [0.717, 1.165) is 43.8 Å². The molecule has 0 radical (unpaired) electrons. The van der Waals surface area contributed by atoms with E-state index in [1.807, 2.05) is 6.08 Å². The first-order chi connectivity index (χ1) is 16.9. The van der Waals surface area contributed by atoms with Crippen LogP contribution in [-0.2, 0) is 17.1 Å². The second kappa shape index (κ2) is 10.2. The van der Waals surface area contributed by atoms with Crippen molar-refractivity contribution in [2.24, 2.45) is 11.8 Å². The third kappa shape index (κ3) is 5.78. The minimum absolute atomic E-state index is 0.121. The molecule has 2 aromatic rings. The molecular weight excluding hydrogens is 487 g/mol. The van der Waals surface area contributed by atoms with Gasteiger partial charge in [-0.2, -0.15) is 26.3 Å². The van der Waals surface area contributed by atoms with E-state index in [-0.39, 0.29) is 29.3 Å². The Morgan fingerprint density at radius 2 is 1.58 bits per heavy atom. The summed E-state index contributed by atoms with van der Waals surface area (Å²) in [5.74, 6) is -0.0380. The average molecular weight is 516 g/mol. The molecule has 2 aliphatic rings. The molecule has 0 amide bonds. The summed E-state index contributed by atoms with van der Waals surface area (Å²) in [6.45, 7) is 7.62. The summed E-state index contributed by atoms with van der Waals surface area (Å²) in [5, 5.41) is 0. The van der Waals surface area contributed by atoms with Crippen LogP contribution >= 0.6 is 0 Å². The number of benzene rings is 2. The Hall–Kier alpha value is -2.39. The molecule has 0 spiro atoms. The molecule has 0 unspecified atom stereocenters. The molecule has 4 rings (SSSR count). The lowest BCUT2D eigenvalue weighted by Crippen LogP contribution is -2.38. The number of hydrogen-bond donors (Lipinski definition) is 0. The Balaban J connectivity index is 1.65. The van der Waals surface area contributed by atoms with Crippen LogP contribution in [0.3, 0.4) is 0 Å². The van der Waals surface area contributed by atoms with Gasteiger partial charge in [0.25, 0.3) is 0 Å². The van der Waals surface area contributed by atoms with E-state index >= 15 is 0 Å². The van der Waals surface area contributed by atoms with Crippen LogP contribution in [-0.4, -0.2) is 30.6 Å². The van der Waals surface area contributed by atoms with Crippen LogP contribution in [0.15, 0.2) is 55.1 Å². The molecule has 1 saturated heterocycles. The van der Waals surface area contributed by atoms with E-state index < -0.39 is 35.7 Å². The van der Waals surface area contributed by atoms with Crippen LogP contribution in [0.5, 0.6) is 0 Å². The number of rotatable bonds is 6. The number of alkyl halides is 6. The van der Waals surface area contributed by atoms with Gasteiger partial charge < -0.3 is 4.74 Å². The maximum absolute atomic E-state index is 13.6. The van der Waals surface area contributed by atoms with Crippen LogP contribution in [0.25, 0.3) is 0 Å². The molecule has 5 atom stereocenters. The van der Waals surface area contributed by atoms with Crippen LogP contribution in [0.4, 0.5) is 30.7 Å². The van der Waals surface area contributed by atoms with Crippen LogP contribution < -0.4 is 0 Å². The Labute approximate surface area is 205 Å². The Morgan fingerprint density at radius 3 is 2.14 bits per heavy atom. The highest BCUT2D eigenvalue weighted by molar-refractivity contribution is 5.35. The third-order valence-corrected chi connectivity index (χ3v) is 7.35. The molecule has 196 valence electrons. The van der Waals surface area contributed by atoms with E-state index in [4.69, 9.17) is 4.74 Å². The van der Waals surface area contributed by atoms with Gasteiger partial charge in [0.05, 0.1) is 23.3 Å². The zero-order valence-electron chi connectivity index (χ0n) is 19.7. The minimum atomic E-state index is -4.93. The Bertz CT molecular complexity index is 1030. The second-order valence-corrected chi connectivity index (χ2v) is 9.74. The van der Waals surface area contributed by atoms with Gasteiger partial charge in [0.2, 0.25) is 0 Å². The molecule has 1 aliphatic carbocycles. The van der Waals surface area contributed by atoms with Crippen molar-refractivity contribution in [3.63, 3.8) is 0 Å². The van der Waals surface area contributed by atoms with Gasteiger partial charge in [0.1, 0.15) is 5.82 Å². The lowest BCUT2D eigenvalue weighted by molar-refractivity contribution is -0.143. The van der Waals surface area contributed by atoms with E-state index in [2.05, 4.69) is 11.5 Å². The minimum Gasteiger partial charge on any atom is -0.370 e. The second-order valence-electron chi connectivity index (χ2n) is 9.74. The number of fused-ring (bicyclic) bond motifs is 1. The fourth-order valence-corrected chi connectivity index (χ4v) is 5.72. The summed E-state index contributed by atoms with van der Waals surface area (Å²) in [6, 6.07) is 7.66. The molecule has 1 saturated carbocycles. The highest BCUT2D eigenvalue weighted by Gasteiger charge is 2.46. The molecule has 1 aliphatic heterocycles. The topological polar surface area (TPSA) is 12.5 Å². The maximum atomic E-state index is 13.6. The first-order valence-corrected chi connectivity index (χ1v) is 11.9. The highest BCUT2D eigenvalue weighted by atomic mass is 19.4. The van der Waals surface area contributed by atoms with Gasteiger partial charge in [0.15, 0.2) is 0 Å². The van der Waals surface area contributed by atoms with Crippen molar-refractivity contribution in [1.29, 1.82) is 0 Å². The van der Waals surface area contributed by atoms with Crippen molar-refractivity contribution in [3.05, 3.63) is 83.2 Å². The van der Waals surface area contributed by atoms with Crippen molar-refractivity contribution in [2.75, 3.05) is 19.6 Å². The van der Waals surface area contributed by atoms with Crippen molar-refractivity contribution in [1.82, 2.24) is 4.90 Å². The fraction of sp³-hybridized carbons (Fsp3) is 0.481. The molecule has 2 aromatic carbocycles. The van der Waals surface area contributed by atoms with E-state index in [9.17, 15) is 30.7 Å². The number of hydrogen-bond acceptors (Lipinski definition) is 2. The van der Waals surface area contributed by atoms with Gasteiger partial charge in [-0.05, 0) is 73.1 Å². The summed E-state index contributed by atoms with van der Waals surface area (Å²) < 4.78 is 100. The number of likely N-dealkylation sites (tertiary alicyclic amines) is 1. The lowest BCUT2D eigenvalue weighted by atomic mass is 9.69. The van der Waals surface area contributed by atoms with E-state index in [0.29, 0.717) is 12.3 Å². The summed E-state index contributed by atoms with van der Waals surface area (Å²) in [6.07, 6.45) is -8.06. The first kappa shape index (κ1) is 26.7. The largest absolute Gasteiger partial charge is 0.416 e. The van der Waals surface area contributed by atoms with Gasteiger partial charge in [-0.15, -0.1) is 6.58 Å². The smallest absolute Gasteiger partial charge is 0.370 e. The lowest BCUT2D eigenvalue weighted by Gasteiger charge is -2.41. The molecule has 0 N–H and O–H groups in total. The summed E-state index contributed by atoms with van der Waals surface area (Å²) in [7, 11) is 0. The standard InChI is InChI=1S/C27H28F7NO/c1-3-10-35-14-18-6-9-24(25(23(18)15-35)17-4-7-22(28)8-5-17)36-16(2)19-11-20(26(29,30)31)13-21(12-19)27(32,33)34/h3-5,7-8,11-13,16,18,23-25H,1,6,9-10,14-15H2,2H3/t16-,18-,23-,24+,25+/m1/s1. The van der Waals surface area contributed by atoms with Gasteiger partial charge in [-0.25, -0.2) is 4.39 Å². The molecule has 1 heterocycles. The molecule has 36 heavy (non-hydrogen) atoms. The average Bonchev–Trinajstić information content (AvgIpc) is 3.21. The number of ether oxygens (including phenoxy) is 1. The first-order valence-electron chi connectivity index (χ1n) is 11.9. The van der Waals surface area contributed by atoms with Gasteiger partial charge in [-0.3, -0.25) is 4.90 Å². The zero-order valence-corrected chi connectivity index (χ0v) is 19.7. The molecular formula is C27H28F7NO. The Kier molecular flexibility index (Phi) is 7.53. The van der Waals surface area contributed by atoms with E-state index in [1.54, 1.807) is 12.1 Å². The van der Waals surface area contributed by atoms with Gasteiger partial charge >= 0.3 is 12.4 Å². The number of nitrogens with zero attached hydrogens (tertiary/aromatic N) is 1. The Morgan fingerprint density at radius 1 is 0.972 bits per heavy atom. The predicted octanol–water partition coefficient (Wildman–Crippen LogP) is 7.62. The van der Waals surface area contributed by atoms with E-state index in [1.165, 1.54) is 19.1 Å². The SMILES string of the molecule is C=CCN1C[C@H]2CC[C@H](O[C@H](C)c3cc(C(F)(F)F)cc(C(F)(F)F)c3)[C@@H](c3ccc(F)cc3)[C@@H]2C1. The molecule has 2 nitrogen and oxygen atoms in total. The quantitative estimate of drug-likeness (QED) is 0.290. The van der Waals surface area contributed by atoms with Crippen LogP contribution in [0.1, 0.15) is 54.0 Å².